The van der Waals surface area contributed by atoms with Crippen molar-refractivity contribution in [1.82, 2.24) is 10.1 Å². The van der Waals surface area contributed by atoms with Crippen molar-refractivity contribution in [3.05, 3.63) is 46.1 Å². The van der Waals surface area contributed by atoms with Gasteiger partial charge in [-0.05, 0) is 18.6 Å². The number of benzene rings is 1. The fraction of sp³-hybridized carbons (Fsp3) is 0.200. The summed E-state index contributed by atoms with van der Waals surface area (Å²) in [5, 5.41) is 17.4. The van der Waals surface area contributed by atoms with E-state index >= 15 is 0 Å². The van der Waals surface area contributed by atoms with Gasteiger partial charge in [-0.3, -0.25) is 10.1 Å². The molecule has 0 aliphatic rings. The van der Waals surface area contributed by atoms with E-state index in [0.717, 1.165) is 5.56 Å². The Labute approximate surface area is 96.6 Å². The van der Waals surface area contributed by atoms with E-state index in [1.165, 1.54) is 12.5 Å². The van der Waals surface area contributed by atoms with Crippen LogP contribution in [0.15, 0.2) is 29.1 Å². The first kappa shape index (κ1) is 11.1. The highest BCUT2D eigenvalue weighted by atomic mass is 16.6. The average molecular weight is 234 g/mol. The molecule has 0 radical (unpaired) electrons. The summed E-state index contributed by atoms with van der Waals surface area (Å²) in [5.74, 6) is 0.444. The van der Waals surface area contributed by atoms with Crippen molar-refractivity contribution in [3.63, 3.8) is 0 Å². The van der Waals surface area contributed by atoms with E-state index < -0.39 is 4.92 Å². The Morgan fingerprint density at radius 1 is 1.53 bits per heavy atom. The van der Waals surface area contributed by atoms with E-state index in [2.05, 4.69) is 20.0 Å². The summed E-state index contributed by atoms with van der Waals surface area (Å²) in [4.78, 5) is 14.2. The van der Waals surface area contributed by atoms with Crippen LogP contribution in [0.5, 0.6) is 0 Å². The van der Waals surface area contributed by atoms with Gasteiger partial charge in [0.2, 0.25) is 6.39 Å². The molecular weight excluding hydrogens is 224 g/mol. The molecule has 7 nitrogen and oxygen atoms in total. The predicted molar refractivity (Wildman–Crippen MR) is 59.5 cm³/mol. The van der Waals surface area contributed by atoms with Crippen LogP contribution in [0.4, 0.5) is 11.4 Å². The molecule has 0 saturated heterocycles. The molecule has 1 N–H and O–H groups in total. The molecule has 0 unspecified atom stereocenters. The van der Waals surface area contributed by atoms with E-state index in [9.17, 15) is 10.1 Å². The van der Waals surface area contributed by atoms with Crippen LogP contribution in [0.25, 0.3) is 0 Å². The monoisotopic (exact) mass is 234 g/mol. The lowest BCUT2D eigenvalue weighted by Gasteiger charge is -2.05. The number of hydrogen-bond donors (Lipinski definition) is 1. The maximum absolute atomic E-state index is 10.9. The zero-order valence-electron chi connectivity index (χ0n) is 9.08. The number of nitrogens with one attached hydrogen (secondary N) is 1. The van der Waals surface area contributed by atoms with Gasteiger partial charge in [0.15, 0.2) is 5.82 Å². The van der Waals surface area contributed by atoms with E-state index in [1.807, 2.05) is 0 Å². The Kier molecular flexibility index (Phi) is 2.99. The zero-order chi connectivity index (χ0) is 12.3. The van der Waals surface area contributed by atoms with Crippen LogP contribution in [-0.2, 0) is 6.54 Å². The molecule has 0 amide bonds. The number of aromatic nitrogens is 2. The normalized spacial score (nSPS) is 10.2. The molecule has 1 aromatic carbocycles. The van der Waals surface area contributed by atoms with Crippen molar-refractivity contribution in [3.8, 4) is 0 Å². The minimum Gasteiger partial charge on any atom is -0.372 e. The van der Waals surface area contributed by atoms with Gasteiger partial charge in [0, 0.05) is 6.07 Å². The molecule has 88 valence electrons. The van der Waals surface area contributed by atoms with Crippen molar-refractivity contribution in [2.75, 3.05) is 5.32 Å². The summed E-state index contributed by atoms with van der Waals surface area (Å²) < 4.78 is 4.56. The maximum Gasteiger partial charge on any atom is 0.292 e. The van der Waals surface area contributed by atoms with Crippen molar-refractivity contribution in [2.24, 2.45) is 0 Å². The molecule has 0 atom stereocenters. The second kappa shape index (κ2) is 4.60. The number of rotatable bonds is 4. The Balaban J connectivity index is 2.17. The smallest absolute Gasteiger partial charge is 0.292 e. The number of hydrogen-bond acceptors (Lipinski definition) is 6. The zero-order valence-corrected chi connectivity index (χ0v) is 9.08. The SMILES string of the molecule is Cc1ccc(NCc2ncon2)c([N+](=O)[O-])c1. The molecule has 0 aliphatic carbocycles. The van der Waals surface area contributed by atoms with Crippen LogP contribution < -0.4 is 5.32 Å². The van der Waals surface area contributed by atoms with Crippen molar-refractivity contribution in [1.29, 1.82) is 0 Å². The molecule has 2 aromatic rings. The van der Waals surface area contributed by atoms with Crippen LogP contribution in [0.2, 0.25) is 0 Å². The third kappa shape index (κ3) is 2.57. The summed E-state index contributed by atoms with van der Waals surface area (Å²) in [6.07, 6.45) is 1.21. The third-order valence-corrected chi connectivity index (χ3v) is 2.19. The Morgan fingerprint density at radius 2 is 2.35 bits per heavy atom. The van der Waals surface area contributed by atoms with Crippen molar-refractivity contribution < 1.29 is 9.45 Å². The molecule has 0 saturated carbocycles. The summed E-state index contributed by atoms with van der Waals surface area (Å²) in [5.41, 5.74) is 1.31. The van der Waals surface area contributed by atoms with Crippen LogP contribution in [-0.4, -0.2) is 15.1 Å². The van der Waals surface area contributed by atoms with Gasteiger partial charge in [0.1, 0.15) is 5.69 Å². The van der Waals surface area contributed by atoms with E-state index in [0.29, 0.717) is 11.5 Å². The Hall–Kier alpha value is -2.44. The maximum atomic E-state index is 10.9. The topological polar surface area (TPSA) is 94.1 Å². The Morgan fingerprint density at radius 3 is 3.00 bits per heavy atom. The van der Waals surface area contributed by atoms with Gasteiger partial charge < -0.3 is 9.84 Å². The minimum absolute atomic E-state index is 0.0356. The van der Waals surface area contributed by atoms with E-state index in [1.54, 1.807) is 19.1 Å². The van der Waals surface area contributed by atoms with E-state index in [-0.39, 0.29) is 12.2 Å². The lowest BCUT2D eigenvalue weighted by atomic mass is 10.2. The number of nitro groups is 1. The van der Waals surface area contributed by atoms with Crippen LogP contribution >= 0.6 is 0 Å². The molecule has 0 bridgehead atoms. The lowest BCUT2D eigenvalue weighted by molar-refractivity contribution is -0.384. The molecule has 2 rings (SSSR count). The fourth-order valence-corrected chi connectivity index (χ4v) is 1.39. The van der Waals surface area contributed by atoms with Gasteiger partial charge in [-0.25, -0.2) is 0 Å². The molecule has 0 fully saturated rings. The first-order valence-electron chi connectivity index (χ1n) is 4.91. The lowest BCUT2D eigenvalue weighted by Crippen LogP contribution is -2.04. The van der Waals surface area contributed by atoms with Gasteiger partial charge in [-0.1, -0.05) is 11.2 Å². The van der Waals surface area contributed by atoms with Gasteiger partial charge in [0.05, 0.1) is 11.5 Å². The van der Waals surface area contributed by atoms with Gasteiger partial charge in [0.25, 0.3) is 5.69 Å². The highest BCUT2D eigenvalue weighted by Crippen LogP contribution is 2.25. The highest BCUT2D eigenvalue weighted by molar-refractivity contribution is 5.62. The van der Waals surface area contributed by atoms with Crippen LogP contribution in [0.3, 0.4) is 0 Å². The average Bonchev–Trinajstić information content (AvgIpc) is 2.80. The number of nitrogens with zero attached hydrogens (tertiary/aromatic N) is 3. The fourth-order valence-electron chi connectivity index (χ4n) is 1.39. The number of nitro benzene ring substituents is 1. The summed E-state index contributed by atoms with van der Waals surface area (Å²) >= 11 is 0. The van der Waals surface area contributed by atoms with Crippen LogP contribution in [0, 0.1) is 17.0 Å². The standard InChI is InChI=1S/C10H10N4O3/c1-7-2-3-8(9(4-7)14(15)16)11-5-10-12-6-17-13-10/h2-4,6,11H,5H2,1H3. The summed E-state index contributed by atoms with van der Waals surface area (Å²) in [6, 6.07) is 4.97. The molecular formula is C10H10N4O3. The van der Waals surface area contributed by atoms with Gasteiger partial charge in [-0.15, -0.1) is 0 Å². The van der Waals surface area contributed by atoms with Gasteiger partial charge >= 0.3 is 0 Å². The molecule has 0 spiro atoms. The third-order valence-electron chi connectivity index (χ3n) is 2.19. The van der Waals surface area contributed by atoms with Crippen molar-refractivity contribution in [2.45, 2.75) is 13.5 Å². The highest BCUT2D eigenvalue weighted by Gasteiger charge is 2.13. The first-order valence-corrected chi connectivity index (χ1v) is 4.91. The molecule has 1 heterocycles. The molecule has 7 heteroatoms. The summed E-state index contributed by atoms with van der Waals surface area (Å²) in [7, 11) is 0. The van der Waals surface area contributed by atoms with Gasteiger partial charge in [-0.2, -0.15) is 4.98 Å². The second-order valence-corrected chi connectivity index (χ2v) is 3.48. The Bertz CT molecular complexity index is 524. The summed E-state index contributed by atoms with van der Waals surface area (Å²) in [6.45, 7) is 2.08. The molecule has 0 aliphatic heterocycles. The largest absolute Gasteiger partial charge is 0.372 e. The molecule has 1 aromatic heterocycles. The first-order chi connectivity index (χ1) is 8.16. The number of anilines is 1. The minimum atomic E-state index is -0.425. The molecule has 17 heavy (non-hydrogen) atoms. The van der Waals surface area contributed by atoms with Crippen molar-refractivity contribution >= 4 is 11.4 Å². The second-order valence-electron chi connectivity index (χ2n) is 3.48. The number of aryl methyl sites for hydroxylation is 1. The predicted octanol–water partition coefficient (Wildman–Crippen LogP) is 1.90. The van der Waals surface area contributed by atoms with Crippen LogP contribution in [0.1, 0.15) is 11.4 Å². The quantitative estimate of drug-likeness (QED) is 0.641. The van der Waals surface area contributed by atoms with E-state index in [4.69, 9.17) is 0 Å².